The molecular weight excluding hydrogens is 243 g/mol. The molecule has 0 aliphatic heterocycles. The Balaban J connectivity index is 1.78. The summed E-state index contributed by atoms with van der Waals surface area (Å²) in [6, 6.07) is 6.39. The Hall–Kier alpha value is -1.42. The van der Waals surface area contributed by atoms with E-state index in [-0.39, 0.29) is 23.3 Å². The number of hydrogen-bond acceptors (Lipinski definition) is 2. The van der Waals surface area contributed by atoms with E-state index in [1.807, 2.05) is 6.92 Å². The summed E-state index contributed by atoms with van der Waals surface area (Å²) in [5.74, 6) is -0.229. The van der Waals surface area contributed by atoms with Crippen LogP contribution in [-0.2, 0) is 11.2 Å². The largest absolute Gasteiger partial charge is 0.353 e. The average Bonchev–Trinajstić information content (AvgIpc) is 2.30. The number of hydrogen-bond donors (Lipinski definition) is 2. The van der Waals surface area contributed by atoms with Gasteiger partial charge in [-0.2, -0.15) is 0 Å². The van der Waals surface area contributed by atoms with Crippen LogP contribution in [0.5, 0.6) is 0 Å². The van der Waals surface area contributed by atoms with Crippen molar-refractivity contribution in [3.05, 3.63) is 35.6 Å². The molecule has 0 radical (unpaired) electrons. The SMILES string of the molecule is CC(Cc1ccc(F)cc1)NC(=O)CC1(N)CCC1. The number of benzene rings is 1. The van der Waals surface area contributed by atoms with E-state index in [2.05, 4.69) is 5.32 Å². The van der Waals surface area contributed by atoms with Gasteiger partial charge in [0.25, 0.3) is 0 Å². The van der Waals surface area contributed by atoms with Crippen LogP contribution in [-0.4, -0.2) is 17.5 Å². The van der Waals surface area contributed by atoms with Crippen molar-refractivity contribution in [2.45, 2.75) is 50.6 Å². The summed E-state index contributed by atoms with van der Waals surface area (Å²) in [6.45, 7) is 1.95. The van der Waals surface area contributed by atoms with E-state index in [0.717, 1.165) is 24.8 Å². The molecule has 1 unspecified atom stereocenters. The molecule has 104 valence electrons. The molecule has 1 fully saturated rings. The number of nitrogens with one attached hydrogen (secondary N) is 1. The average molecular weight is 264 g/mol. The van der Waals surface area contributed by atoms with Crippen molar-refractivity contribution >= 4 is 5.91 Å². The van der Waals surface area contributed by atoms with E-state index in [1.54, 1.807) is 12.1 Å². The zero-order valence-electron chi connectivity index (χ0n) is 11.3. The van der Waals surface area contributed by atoms with Crippen LogP contribution in [0.25, 0.3) is 0 Å². The van der Waals surface area contributed by atoms with Gasteiger partial charge >= 0.3 is 0 Å². The molecule has 0 spiro atoms. The van der Waals surface area contributed by atoms with E-state index in [4.69, 9.17) is 5.73 Å². The van der Waals surface area contributed by atoms with Gasteiger partial charge in [0.15, 0.2) is 0 Å². The molecule has 0 aromatic heterocycles. The van der Waals surface area contributed by atoms with Gasteiger partial charge in [-0.1, -0.05) is 12.1 Å². The fraction of sp³-hybridized carbons (Fsp3) is 0.533. The smallest absolute Gasteiger partial charge is 0.222 e. The maximum absolute atomic E-state index is 12.8. The molecule has 2 rings (SSSR count). The van der Waals surface area contributed by atoms with Crippen molar-refractivity contribution in [3.63, 3.8) is 0 Å². The van der Waals surface area contributed by atoms with E-state index < -0.39 is 0 Å². The highest BCUT2D eigenvalue weighted by atomic mass is 19.1. The van der Waals surface area contributed by atoms with Crippen molar-refractivity contribution in [1.82, 2.24) is 5.32 Å². The molecule has 1 atom stereocenters. The lowest BCUT2D eigenvalue weighted by atomic mass is 9.75. The van der Waals surface area contributed by atoms with Gasteiger partial charge in [-0.3, -0.25) is 4.79 Å². The van der Waals surface area contributed by atoms with Crippen LogP contribution in [0.3, 0.4) is 0 Å². The van der Waals surface area contributed by atoms with Gasteiger partial charge in [0.2, 0.25) is 5.91 Å². The molecule has 0 heterocycles. The second-order valence-corrected chi connectivity index (χ2v) is 5.69. The Morgan fingerprint density at radius 2 is 2.05 bits per heavy atom. The van der Waals surface area contributed by atoms with Gasteiger partial charge in [-0.15, -0.1) is 0 Å². The van der Waals surface area contributed by atoms with Crippen LogP contribution in [0.1, 0.15) is 38.2 Å². The third-order valence-electron chi connectivity index (χ3n) is 3.72. The van der Waals surface area contributed by atoms with Crippen LogP contribution < -0.4 is 11.1 Å². The Kier molecular flexibility index (Phi) is 4.20. The van der Waals surface area contributed by atoms with Crippen LogP contribution in [0.4, 0.5) is 4.39 Å². The lowest BCUT2D eigenvalue weighted by molar-refractivity contribution is -0.123. The monoisotopic (exact) mass is 264 g/mol. The third-order valence-corrected chi connectivity index (χ3v) is 3.72. The fourth-order valence-corrected chi connectivity index (χ4v) is 2.48. The quantitative estimate of drug-likeness (QED) is 0.856. The normalized spacial score (nSPS) is 18.5. The molecule has 3 N–H and O–H groups in total. The molecular formula is C15H21FN2O. The van der Waals surface area contributed by atoms with Crippen LogP contribution in [0, 0.1) is 5.82 Å². The lowest BCUT2D eigenvalue weighted by Crippen LogP contribution is -2.50. The highest BCUT2D eigenvalue weighted by Crippen LogP contribution is 2.31. The molecule has 0 bridgehead atoms. The minimum atomic E-state index is -0.278. The molecule has 1 aromatic rings. The molecule has 3 nitrogen and oxygen atoms in total. The maximum atomic E-state index is 12.8. The first-order valence-corrected chi connectivity index (χ1v) is 6.80. The highest BCUT2D eigenvalue weighted by Gasteiger charge is 2.34. The Labute approximate surface area is 113 Å². The first-order valence-electron chi connectivity index (χ1n) is 6.80. The summed E-state index contributed by atoms with van der Waals surface area (Å²) in [6.07, 6.45) is 4.10. The van der Waals surface area contributed by atoms with Crippen LogP contribution >= 0.6 is 0 Å². The fourth-order valence-electron chi connectivity index (χ4n) is 2.48. The first kappa shape index (κ1) is 14.0. The molecule has 4 heteroatoms. The van der Waals surface area contributed by atoms with Crippen molar-refractivity contribution in [3.8, 4) is 0 Å². The number of amides is 1. The summed E-state index contributed by atoms with van der Waals surface area (Å²) >= 11 is 0. The van der Waals surface area contributed by atoms with E-state index in [1.165, 1.54) is 12.1 Å². The van der Waals surface area contributed by atoms with Crippen molar-refractivity contribution in [2.24, 2.45) is 5.73 Å². The van der Waals surface area contributed by atoms with Crippen LogP contribution in [0.2, 0.25) is 0 Å². The molecule has 19 heavy (non-hydrogen) atoms. The van der Waals surface area contributed by atoms with Gasteiger partial charge < -0.3 is 11.1 Å². The summed E-state index contributed by atoms with van der Waals surface area (Å²) in [5, 5.41) is 2.95. The maximum Gasteiger partial charge on any atom is 0.222 e. The van der Waals surface area contributed by atoms with Gasteiger partial charge in [0.05, 0.1) is 0 Å². The Bertz CT molecular complexity index is 440. The molecule has 1 amide bonds. The third kappa shape index (κ3) is 4.03. The summed E-state index contributed by atoms with van der Waals surface area (Å²) in [7, 11) is 0. The zero-order valence-corrected chi connectivity index (χ0v) is 11.3. The topological polar surface area (TPSA) is 55.1 Å². The Morgan fingerprint density at radius 3 is 2.58 bits per heavy atom. The van der Waals surface area contributed by atoms with E-state index >= 15 is 0 Å². The molecule has 1 aliphatic rings. The van der Waals surface area contributed by atoms with Gasteiger partial charge in [-0.25, -0.2) is 4.39 Å². The predicted molar refractivity (Wildman–Crippen MR) is 73.1 cm³/mol. The molecule has 1 saturated carbocycles. The van der Waals surface area contributed by atoms with Crippen molar-refractivity contribution in [1.29, 1.82) is 0 Å². The summed E-state index contributed by atoms with van der Waals surface area (Å²) in [4.78, 5) is 11.9. The van der Waals surface area contributed by atoms with E-state index in [9.17, 15) is 9.18 Å². The first-order chi connectivity index (χ1) is 8.97. The second-order valence-electron chi connectivity index (χ2n) is 5.69. The van der Waals surface area contributed by atoms with Crippen molar-refractivity contribution < 1.29 is 9.18 Å². The number of carbonyl (C=O) groups is 1. The number of halogens is 1. The summed E-state index contributed by atoms with van der Waals surface area (Å²) < 4.78 is 12.8. The number of rotatable bonds is 5. The van der Waals surface area contributed by atoms with Crippen LogP contribution in [0.15, 0.2) is 24.3 Å². The zero-order chi connectivity index (χ0) is 13.9. The minimum Gasteiger partial charge on any atom is -0.353 e. The van der Waals surface area contributed by atoms with Gasteiger partial charge in [-0.05, 0) is 50.3 Å². The van der Waals surface area contributed by atoms with E-state index in [0.29, 0.717) is 12.8 Å². The number of nitrogens with two attached hydrogens (primary N) is 1. The van der Waals surface area contributed by atoms with Crippen molar-refractivity contribution in [2.75, 3.05) is 0 Å². The second kappa shape index (κ2) is 5.70. The Morgan fingerprint density at radius 1 is 1.42 bits per heavy atom. The lowest BCUT2D eigenvalue weighted by Gasteiger charge is -2.37. The summed E-state index contributed by atoms with van der Waals surface area (Å²) in [5.41, 5.74) is 6.78. The molecule has 1 aromatic carbocycles. The molecule has 1 aliphatic carbocycles. The molecule has 0 saturated heterocycles. The standard InChI is InChI=1S/C15H21FN2O/c1-11(9-12-3-5-13(16)6-4-12)18-14(19)10-15(17)7-2-8-15/h3-6,11H,2,7-10,17H2,1H3,(H,18,19). The predicted octanol–water partition coefficient (Wildman–Crippen LogP) is 2.14. The minimum absolute atomic E-state index is 0.0109. The number of carbonyl (C=O) groups excluding carboxylic acids is 1. The highest BCUT2D eigenvalue weighted by molar-refractivity contribution is 5.77. The van der Waals surface area contributed by atoms with Gasteiger partial charge in [0, 0.05) is 18.0 Å². The van der Waals surface area contributed by atoms with Gasteiger partial charge in [0.1, 0.15) is 5.82 Å².